The highest BCUT2D eigenvalue weighted by Gasteiger charge is 2.34. The van der Waals surface area contributed by atoms with Crippen LogP contribution < -0.4 is 10.6 Å². The first-order valence-corrected chi connectivity index (χ1v) is 8.06. The Morgan fingerprint density at radius 3 is 2.32 bits per heavy atom. The molecule has 0 atom stereocenters. The van der Waals surface area contributed by atoms with Crippen molar-refractivity contribution < 1.29 is 13.2 Å². The standard InChI is InChI=1S/C18H12ClF3N2S/c19-12-8-9-16(14(10-12)18(20,21)22)24-17(25)23-15-7-3-5-11-4-1-2-6-13(11)15/h1-10H,(H2,23,24,25). The zero-order valence-corrected chi connectivity index (χ0v) is 14.3. The summed E-state index contributed by atoms with van der Waals surface area (Å²) in [5.41, 5.74) is -0.324. The Kier molecular flexibility index (Phi) is 4.83. The first-order chi connectivity index (χ1) is 11.8. The van der Waals surface area contributed by atoms with Crippen molar-refractivity contribution in [3.63, 3.8) is 0 Å². The fourth-order valence-corrected chi connectivity index (χ4v) is 2.86. The number of fused-ring (bicyclic) bond motifs is 1. The van der Waals surface area contributed by atoms with E-state index in [0.29, 0.717) is 5.69 Å². The number of nitrogens with one attached hydrogen (secondary N) is 2. The van der Waals surface area contributed by atoms with Crippen LogP contribution >= 0.6 is 23.8 Å². The molecule has 7 heteroatoms. The van der Waals surface area contributed by atoms with E-state index >= 15 is 0 Å². The molecular formula is C18H12ClF3N2S. The lowest BCUT2D eigenvalue weighted by Gasteiger charge is -2.17. The summed E-state index contributed by atoms with van der Waals surface area (Å²) < 4.78 is 39.5. The molecule has 0 spiro atoms. The summed E-state index contributed by atoms with van der Waals surface area (Å²) in [6.45, 7) is 0. The van der Waals surface area contributed by atoms with Crippen LogP contribution in [0.25, 0.3) is 10.8 Å². The monoisotopic (exact) mass is 380 g/mol. The van der Waals surface area contributed by atoms with Gasteiger partial charge in [-0.15, -0.1) is 0 Å². The molecule has 0 saturated carbocycles. The van der Waals surface area contributed by atoms with E-state index in [4.69, 9.17) is 23.8 Å². The zero-order valence-electron chi connectivity index (χ0n) is 12.7. The number of hydrogen-bond donors (Lipinski definition) is 2. The molecule has 3 rings (SSSR count). The second kappa shape index (κ2) is 6.90. The van der Waals surface area contributed by atoms with Crippen molar-refractivity contribution in [1.82, 2.24) is 0 Å². The number of rotatable bonds is 2. The SMILES string of the molecule is FC(F)(F)c1cc(Cl)ccc1NC(=S)Nc1cccc2ccccc12. The zero-order chi connectivity index (χ0) is 18.0. The second-order valence-corrected chi connectivity index (χ2v) is 6.14. The summed E-state index contributed by atoms with van der Waals surface area (Å²) in [4.78, 5) is 0. The number of benzene rings is 3. The van der Waals surface area contributed by atoms with Gasteiger partial charge >= 0.3 is 6.18 Å². The quantitative estimate of drug-likeness (QED) is 0.508. The van der Waals surface area contributed by atoms with E-state index < -0.39 is 11.7 Å². The van der Waals surface area contributed by atoms with Crippen molar-refractivity contribution in [1.29, 1.82) is 0 Å². The molecule has 0 aliphatic rings. The van der Waals surface area contributed by atoms with E-state index in [2.05, 4.69) is 10.6 Å². The van der Waals surface area contributed by atoms with Gasteiger partial charge < -0.3 is 10.6 Å². The van der Waals surface area contributed by atoms with E-state index in [1.807, 2.05) is 42.5 Å². The fraction of sp³-hybridized carbons (Fsp3) is 0.0556. The molecule has 0 amide bonds. The third-order valence-electron chi connectivity index (χ3n) is 3.57. The average Bonchev–Trinajstić information content (AvgIpc) is 2.56. The van der Waals surface area contributed by atoms with E-state index in [-0.39, 0.29) is 15.8 Å². The summed E-state index contributed by atoms with van der Waals surface area (Å²) >= 11 is 10.9. The predicted molar refractivity (Wildman–Crippen MR) is 100 cm³/mol. The van der Waals surface area contributed by atoms with Crippen molar-refractivity contribution in [2.45, 2.75) is 6.18 Å². The van der Waals surface area contributed by atoms with Gasteiger partial charge in [0, 0.05) is 16.1 Å². The maximum absolute atomic E-state index is 13.2. The normalized spacial score (nSPS) is 11.4. The Balaban J connectivity index is 1.86. The Labute approximate surface area is 152 Å². The molecule has 0 radical (unpaired) electrons. The molecule has 0 aliphatic carbocycles. The van der Waals surface area contributed by atoms with Gasteiger partial charge in [0.15, 0.2) is 5.11 Å². The van der Waals surface area contributed by atoms with Gasteiger partial charge in [-0.2, -0.15) is 13.2 Å². The first-order valence-electron chi connectivity index (χ1n) is 7.27. The topological polar surface area (TPSA) is 24.1 Å². The molecule has 25 heavy (non-hydrogen) atoms. The van der Waals surface area contributed by atoms with E-state index in [0.717, 1.165) is 16.8 Å². The summed E-state index contributed by atoms with van der Waals surface area (Å²) in [6.07, 6.45) is -4.54. The Bertz CT molecular complexity index is 936. The van der Waals surface area contributed by atoms with Crippen LogP contribution in [0.4, 0.5) is 24.5 Å². The molecule has 0 unspecified atom stereocenters. The number of anilines is 2. The van der Waals surface area contributed by atoms with E-state index in [9.17, 15) is 13.2 Å². The van der Waals surface area contributed by atoms with E-state index in [1.54, 1.807) is 0 Å². The number of halogens is 4. The van der Waals surface area contributed by atoms with Gasteiger partial charge in [0.25, 0.3) is 0 Å². The second-order valence-electron chi connectivity index (χ2n) is 5.29. The van der Waals surface area contributed by atoms with Crippen LogP contribution in [0.1, 0.15) is 5.56 Å². The van der Waals surface area contributed by atoms with Gasteiger partial charge in [0.05, 0.1) is 11.3 Å². The lowest BCUT2D eigenvalue weighted by molar-refractivity contribution is -0.136. The molecule has 3 aromatic carbocycles. The van der Waals surface area contributed by atoms with Crippen LogP contribution in [0.2, 0.25) is 5.02 Å². The molecule has 2 nitrogen and oxygen atoms in total. The molecule has 128 valence electrons. The third-order valence-corrected chi connectivity index (χ3v) is 4.01. The number of alkyl halides is 3. The molecule has 0 fully saturated rings. The van der Waals surface area contributed by atoms with Gasteiger partial charge in [0.2, 0.25) is 0 Å². The minimum absolute atomic E-state index is 0.00538. The lowest BCUT2D eigenvalue weighted by Crippen LogP contribution is -2.21. The molecule has 0 aromatic heterocycles. The Morgan fingerprint density at radius 2 is 1.56 bits per heavy atom. The van der Waals surface area contributed by atoms with Crippen molar-refractivity contribution >= 4 is 51.1 Å². The van der Waals surface area contributed by atoms with E-state index in [1.165, 1.54) is 12.1 Å². The van der Waals surface area contributed by atoms with Gasteiger partial charge in [-0.3, -0.25) is 0 Å². The van der Waals surface area contributed by atoms with Crippen molar-refractivity contribution in [3.05, 3.63) is 71.2 Å². The highest BCUT2D eigenvalue weighted by molar-refractivity contribution is 7.80. The minimum Gasteiger partial charge on any atom is -0.332 e. The summed E-state index contributed by atoms with van der Waals surface area (Å²) in [6, 6.07) is 16.7. The van der Waals surface area contributed by atoms with Crippen LogP contribution in [-0.4, -0.2) is 5.11 Å². The molecule has 0 aliphatic heterocycles. The van der Waals surface area contributed by atoms with Crippen molar-refractivity contribution in [2.24, 2.45) is 0 Å². The lowest BCUT2D eigenvalue weighted by atomic mass is 10.1. The molecular weight excluding hydrogens is 369 g/mol. The largest absolute Gasteiger partial charge is 0.418 e. The maximum atomic E-state index is 13.2. The van der Waals surface area contributed by atoms with Gasteiger partial charge in [-0.1, -0.05) is 48.0 Å². The van der Waals surface area contributed by atoms with Crippen LogP contribution in [-0.2, 0) is 6.18 Å². The smallest absolute Gasteiger partial charge is 0.332 e. The van der Waals surface area contributed by atoms with Crippen LogP contribution in [0, 0.1) is 0 Å². The van der Waals surface area contributed by atoms with Crippen LogP contribution in [0.15, 0.2) is 60.7 Å². The third kappa shape index (κ3) is 4.03. The van der Waals surface area contributed by atoms with Gasteiger partial charge in [0.1, 0.15) is 0 Å². The summed E-state index contributed by atoms with van der Waals surface area (Å²) in [7, 11) is 0. The van der Waals surface area contributed by atoms with Crippen molar-refractivity contribution in [3.8, 4) is 0 Å². The molecule has 2 N–H and O–H groups in total. The Morgan fingerprint density at radius 1 is 0.880 bits per heavy atom. The van der Waals surface area contributed by atoms with Gasteiger partial charge in [-0.05, 0) is 41.9 Å². The fourth-order valence-electron chi connectivity index (χ4n) is 2.47. The van der Waals surface area contributed by atoms with Crippen molar-refractivity contribution in [2.75, 3.05) is 10.6 Å². The summed E-state index contributed by atoms with van der Waals surface area (Å²) in [5.74, 6) is 0. The van der Waals surface area contributed by atoms with Crippen LogP contribution in [0.3, 0.4) is 0 Å². The minimum atomic E-state index is -4.54. The summed E-state index contributed by atoms with van der Waals surface area (Å²) in [5, 5.41) is 7.53. The molecule has 0 saturated heterocycles. The highest BCUT2D eigenvalue weighted by Crippen LogP contribution is 2.36. The number of thiocarbonyl (C=S) groups is 1. The molecule has 3 aromatic rings. The van der Waals surface area contributed by atoms with Gasteiger partial charge in [-0.25, -0.2) is 0 Å². The highest BCUT2D eigenvalue weighted by atomic mass is 35.5. The van der Waals surface area contributed by atoms with Crippen LogP contribution in [0.5, 0.6) is 0 Å². The average molecular weight is 381 g/mol. The first kappa shape index (κ1) is 17.5. The molecule has 0 heterocycles. The maximum Gasteiger partial charge on any atom is 0.418 e. The Hall–Kier alpha value is -2.31. The molecule has 0 bridgehead atoms. The predicted octanol–water partition coefficient (Wildman–Crippen LogP) is 6.32. The number of hydrogen-bond acceptors (Lipinski definition) is 1.